The lowest BCUT2D eigenvalue weighted by Crippen LogP contribution is -2.39. The van der Waals surface area contributed by atoms with Gasteiger partial charge in [-0.3, -0.25) is 9.69 Å². The number of aliphatic hydroxyl groups is 1. The highest BCUT2D eigenvalue weighted by Crippen LogP contribution is 2.07. The van der Waals surface area contributed by atoms with Crippen molar-refractivity contribution in [2.75, 3.05) is 39.8 Å². The van der Waals surface area contributed by atoms with Gasteiger partial charge in [-0.05, 0) is 32.4 Å². The van der Waals surface area contributed by atoms with Gasteiger partial charge in [-0.2, -0.15) is 0 Å². The fraction of sp³-hybridized carbons (Fsp3) is 0.917. The van der Waals surface area contributed by atoms with Crippen LogP contribution < -0.4 is 10.6 Å². The van der Waals surface area contributed by atoms with E-state index in [2.05, 4.69) is 15.5 Å². The van der Waals surface area contributed by atoms with E-state index < -0.39 is 0 Å². The molecule has 5 heteroatoms. The molecule has 1 aliphatic rings. The lowest BCUT2D eigenvalue weighted by Gasteiger charge is -2.24. The van der Waals surface area contributed by atoms with Crippen LogP contribution in [0.3, 0.4) is 0 Å². The summed E-state index contributed by atoms with van der Waals surface area (Å²) in [6.45, 7) is 3.86. The third-order valence-electron chi connectivity index (χ3n) is 3.21. The first kappa shape index (κ1) is 14.4. The van der Waals surface area contributed by atoms with Gasteiger partial charge in [0.2, 0.25) is 5.91 Å². The zero-order chi connectivity index (χ0) is 12.5. The highest BCUT2D eigenvalue weighted by atomic mass is 16.3. The molecule has 0 radical (unpaired) electrons. The molecular formula is C12H25N3O2. The molecule has 1 atom stereocenters. The highest BCUT2D eigenvalue weighted by Gasteiger charge is 2.17. The topological polar surface area (TPSA) is 64.6 Å². The molecule has 1 amide bonds. The fourth-order valence-electron chi connectivity index (χ4n) is 2.25. The van der Waals surface area contributed by atoms with E-state index in [0.29, 0.717) is 19.0 Å². The van der Waals surface area contributed by atoms with Crippen molar-refractivity contribution in [1.29, 1.82) is 0 Å². The quantitative estimate of drug-likeness (QED) is 0.541. The maximum atomic E-state index is 11.1. The molecule has 0 bridgehead atoms. The molecule has 1 heterocycles. The van der Waals surface area contributed by atoms with E-state index in [9.17, 15) is 4.79 Å². The predicted octanol–water partition coefficient (Wildman–Crippen LogP) is -0.441. The summed E-state index contributed by atoms with van der Waals surface area (Å²) in [5, 5.41) is 15.1. The normalized spacial score (nSPS) is 19.8. The standard InChI is InChI=1S/C12H25N3O2/c1-13-12(17)5-3-7-15(8-9-16)10-11-4-2-6-14-11/h11,14,16H,2-10H2,1H3,(H,13,17). The molecule has 0 spiro atoms. The summed E-state index contributed by atoms with van der Waals surface area (Å²) in [7, 11) is 1.66. The lowest BCUT2D eigenvalue weighted by atomic mass is 10.2. The minimum atomic E-state index is 0.0907. The van der Waals surface area contributed by atoms with E-state index >= 15 is 0 Å². The number of rotatable bonds is 8. The van der Waals surface area contributed by atoms with Gasteiger partial charge in [0, 0.05) is 32.6 Å². The molecule has 3 N–H and O–H groups in total. The average molecular weight is 243 g/mol. The molecule has 1 rings (SSSR count). The second kappa shape index (κ2) is 8.44. The van der Waals surface area contributed by atoms with Crippen molar-refractivity contribution >= 4 is 5.91 Å². The Morgan fingerprint density at radius 3 is 2.94 bits per heavy atom. The van der Waals surface area contributed by atoms with Gasteiger partial charge in [0.1, 0.15) is 0 Å². The highest BCUT2D eigenvalue weighted by molar-refractivity contribution is 5.75. The van der Waals surface area contributed by atoms with Gasteiger partial charge in [-0.15, -0.1) is 0 Å². The third-order valence-corrected chi connectivity index (χ3v) is 3.21. The molecule has 100 valence electrons. The Bertz CT molecular complexity index is 218. The molecule has 1 aliphatic heterocycles. The third kappa shape index (κ3) is 6.00. The molecule has 0 aliphatic carbocycles. The predicted molar refractivity (Wildman–Crippen MR) is 67.9 cm³/mol. The van der Waals surface area contributed by atoms with E-state index in [1.54, 1.807) is 7.05 Å². The summed E-state index contributed by atoms with van der Waals surface area (Å²) >= 11 is 0. The number of hydrogen-bond donors (Lipinski definition) is 3. The Morgan fingerprint density at radius 1 is 1.53 bits per heavy atom. The molecule has 1 fully saturated rings. The van der Waals surface area contributed by atoms with Crippen LogP contribution in [0.15, 0.2) is 0 Å². The smallest absolute Gasteiger partial charge is 0.219 e. The molecule has 17 heavy (non-hydrogen) atoms. The SMILES string of the molecule is CNC(=O)CCCN(CCO)CC1CCCN1. The van der Waals surface area contributed by atoms with E-state index in [4.69, 9.17) is 5.11 Å². The van der Waals surface area contributed by atoms with E-state index in [0.717, 1.165) is 26.1 Å². The first-order chi connectivity index (χ1) is 8.26. The maximum absolute atomic E-state index is 11.1. The maximum Gasteiger partial charge on any atom is 0.219 e. The first-order valence-electron chi connectivity index (χ1n) is 6.53. The molecule has 0 aromatic rings. The van der Waals surface area contributed by atoms with Crippen molar-refractivity contribution in [3.05, 3.63) is 0 Å². The van der Waals surface area contributed by atoms with Crippen molar-refractivity contribution in [1.82, 2.24) is 15.5 Å². The van der Waals surface area contributed by atoms with Crippen LogP contribution in [0.25, 0.3) is 0 Å². The number of aliphatic hydroxyl groups excluding tert-OH is 1. The Labute approximate surface area is 104 Å². The number of nitrogens with zero attached hydrogens (tertiary/aromatic N) is 1. The van der Waals surface area contributed by atoms with E-state index in [1.807, 2.05) is 0 Å². The molecule has 1 unspecified atom stereocenters. The van der Waals surface area contributed by atoms with Gasteiger partial charge in [-0.25, -0.2) is 0 Å². The molecule has 5 nitrogen and oxygen atoms in total. The largest absolute Gasteiger partial charge is 0.395 e. The van der Waals surface area contributed by atoms with Gasteiger partial charge in [0.05, 0.1) is 6.61 Å². The van der Waals surface area contributed by atoms with Gasteiger partial charge >= 0.3 is 0 Å². The minimum Gasteiger partial charge on any atom is -0.395 e. The number of nitrogens with one attached hydrogen (secondary N) is 2. The van der Waals surface area contributed by atoms with Crippen LogP contribution in [0.2, 0.25) is 0 Å². The summed E-state index contributed by atoms with van der Waals surface area (Å²) in [6, 6.07) is 0.557. The molecule has 0 saturated carbocycles. The summed E-state index contributed by atoms with van der Waals surface area (Å²) in [5.74, 6) is 0.0907. The zero-order valence-electron chi connectivity index (χ0n) is 10.7. The van der Waals surface area contributed by atoms with Crippen LogP contribution in [0.1, 0.15) is 25.7 Å². The summed E-state index contributed by atoms with van der Waals surface area (Å²) in [4.78, 5) is 13.3. The van der Waals surface area contributed by atoms with Crippen LogP contribution in [-0.4, -0.2) is 61.8 Å². The Hall–Kier alpha value is -0.650. The Morgan fingerprint density at radius 2 is 2.35 bits per heavy atom. The van der Waals surface area contributed by atoms with E-state index in [1.165, 1.54) is 12.8 Å². The molecule has 1 saturated heterocycles. The number of hydrogen-bond acceptors (Lipinski definition) is 4. The average Bonchev–Trinajstić information content (AvgIpc) is 2.81. The number of carbonyl (C=O) groups is 1. The molecule has 0 aromatic carbocycles. The van der Waals surface area contributed by atoms with Crippen molar-refractivity contribution in [3.8, 4) is 0 Å². The van der Waals surface area contributed by atoms with Crippen LogP contribution in [0.4, 0.5) is 0 Å². The second-order valence-electron chi connectivity index (χ2n) is 4.59. The Kier molecular flexibility index (Phi) is 7.16. The number of amides is 1. The van der Waals surface area contributed by atoms with Gasteiger partial charge in [-0.1, -0.05) is 0 Å². The van der Waals surface area contributed by atoms with E-state index in [-0.39, 0.29) is 12.5 Å². The second-order valence-corrected chi connectivity index (χ2v) is 4.59. The first-order valence-corrected chi connectivity index (χ1v) is 6.53. The summed E-state index contributed by atoms with van der Waals surface area (Å²) < 4.78 is 0. The molecule has 0 aromatic heterocycles. The fourth-order valence-corrected chi connectivity index (χ4v) is 2.25. The minimum absolute atomic E-state index is 0.0907. The van der Waals surface area contributed by atoms with Crippen LogP contribution in [0.5, 0.6) is 0 Å². The number of carbonyl (C=O) groups excluding carboxylic acids is 1. The van der Waals surface area contributed by atoms with Crippen molar-refractivity contribution in [3.63, 3.8) is 0 Å². The van der Waals surface area contributed by atoms with Crippen molar-refractivity contribution < 1.29 is 9.90 Å². The van der Waals surface area contributed by atoms with Crippen molar-refractivity contribution in [2.24, 2.45) is 0 Å². The van der Waals surface area contributed by atoms with Crippen molar-refractivity contribution in [2.45, 2.75) is 31.7 Å². The van der Waals surface area contributed by atoms with Crippen LogP contribution in [0, 0.1) is 0 Å². The summed E-state index contributed by atoms with van der Waals surface area (Å²) in [6.07, 6.45) is 3.89. The Balaban J connectivity index is 2.19. The van der Waals surface area contributed by atoms with Gasteiger partial charge in [0.25, 0.3) is 0 Å². The van der Waals surface area contributed by atoms with Gasteiger partial charge < -0.3 is 15.7 Å². The van der Waals surface area contributed by atoms with Crippen LogP contribution in [-0.2, 0) is 4.79 Å². The monoisotopic (exact) mass is 243 g/mol. The van der Waals surface area contributed by atoms with Crippen LogP contribution >= 0.6 is 0 Å². The lowest BCUT2D eigenvalue weighted by molar-refractivity contribution is -0.120. The zero-order valence-corrected chi connectivity index (χ0v) is 10.7. The summed E-state index contributed by atoms with van der Waals surface area (Å²) in [5.41, 5.74) is 0. The van der Waals surface area contributed by atoms with Gasteiger partial charge in [0.15, 0.2) is 0 Å². The molecular weight excluding hydrogens is 218 g/mol.